The average Bonchev–Trinajstić information content (AvgIpc) is 2.85. The quantitative estimate of drug-likeness (QED) is 0.855. The van der Waals surface area contributed by atoms with E-state index in [0.29, 0.717) is 0 Å². The van der Waals surface area contributed by atoms with Crippen molar-refractivity contribution in [3.63, 3.8) is 0 Å². The van der Waals surface area contributed by atoms with E-state index in [2.05, 4.69) is 34.3 Å². The molecule has 2 aromatic heterocycles. The number of hydrogen-bond donors (Lipinski definition) is 2. The number of rotatable bonds is 4. The summed E-state index contributed by atoms with van der Waals surface area (Å²) in [5.41, 5.74) is 2.21. The van der Waals surface area contributed by atoms with Crippen molar-refractivity contribution in [2.75, 3.05) is 0 Å². The Morgan fingerprint density at radius 1 is 1.50 bits per heavy atom. The Kier molecular flexibility index (Phi) is 3.07. The van der Waals surface area contributed by atoms with Crippen molar-refractivity contribution in [1.29, 1.82) is 0 Å². The lowest BCUT2D eigenvalue weighted by atomic mass is 10.1. The van der Waals surface area contributed by atoms with Gasteiger partial charge in [-0.2, -0.15) is 5.10 Å². The molecule has 0 aromatic carbocycles. The molecular weight excluding hydrogens is 220 g/mol. The summed E-state index contributed by atoms with van der Waals surface area (Å²) >= 11 is 1.67. The third kappa shape index (κ3) is 2.31. The molecule has 0 fully saturated rings. The Labute approximate surface area is 99.1 Å². The van der Waals surface area contributed by atoms with Crippen molar-refractivity contribution in [3.8, 4) is 0 Å². The van der Waals surface area contributed by atoms with Gasteiger partial charge in [-0.25, -0.2) is 4.98 Å². The van der Waals surface area contributed by atoms with E-state index >= 15 is 0 Å². The van der Waals surface area contributed by atoms with Crippen LogP contribution in [-0.4, -0.2) is 15.2 Å². The number of hydrogen-bond acceptors (Lipinski definition) is 4. The van der Waals surface area contributed by atoms with Gasteiger partial charge >= 0.3 is 0 Å². The van der Waals surface area contributed by atoms with Crippen molar-refractivity contribution in [2.45, 2.75) is 32.9 Å². The van der Waals surface area contributed by atoms with Crippen LogP contribution in [0.15, 0.2) is 17.8 Å². The highest BCUT2D eigenvalue weighted by molar-refractivity contribution is 7.09. The van der Waals surface area contributed by atoms with E-state index in [1.165, 1.54) is 5.56 Å². The number of aromatic amines is 1. The maximum Gasteiger partial charge on any atom is 0.112 e. The van der Waals surface area contributed by atoms with Crippen LogP contribution < -0.4 is 5.32 Å². The van der Waals surface area contributed by atoms with E-state index in [0.717, 1.165) is 17.2 Å². The number of nitrogens with zero attached hydrogens (tertiary/aromatic N) is 2. The first-order chi connectivity index (χ1) is 7.59. The van der Waals surface area contributed by atoms with Gasteiger partial charge in [0.05, 0.1) is 11.7 Å². The Bertz CT molecular complexity index is 444. The van der Waals surface area contributed by atoms with E-state index in [-0.39, 0.29) is 5.54 Å². The molecule has 2 heterocycles. The van der Waals surface area contributed by atoms with Crippen LogP contribution in [0.4, 0.5) is 0 Å². The summed E-state index contributed by atoms with van der Waals surface area (Å²) in [6.45, 7) is 7.11. The smallest absolute Gasteiger partial charge is 0.112 e. The molecule has 0 saturated heterocycles. The highest BCUT2D eigenvalue weighted by Gasteiger charge is 2.22. The summed E-state index contributed by atoms with van der Waals surface area (Å²) < 4.78 is 0. The van der Waals surface area contributed by atoms with Gasteiger partial charge in [0.15, 0.2) is 0 Å². The number of thiazole rings is 1. The molecule has 2 N–H and O–H groups in total. The zero-order valence-electron chi connectivity index (χ0n) is 9.74. The van der Waals surface area contributed by atoms with Gasteiger partial charge < -0.3 is 5.32 Å². The summed E-state index contributed by atoms with van der Waals surface area (Å²) in [6, 6.07) is 0. The first-order valence-corrected chi connectivity index (χ1v) is 6.11. The third-order valence-corrected chi connectivity index (χ3v) is 3.72. The first kappa shape index (κ1) is 11.3. The molecule has 0 spiro atoms. The van der Waals surface area contributed by atoms with Crippen molar-refractivity contribution < 1.29 is 0 Å². The zero-order chi connectivity index (χ0) is 11.6. The Morgan fingerprint density at radius 3 is 2.88 bits per heavy atom. The van der Waals surface area contributed by atoms with E-state index in [1.807, 2.05) is 24.7 Å². The van der Waals surface area contributed by atoms with Crippen molar-refractivity contribution in [1.82, 2.24) is 20.5 Å². The first-order valence-electron chi connectivity index (χ1n) is 5.23. The topological polar surface area (TPSA) is 53.6 Å². The van der Waals surface area contributed by atoms with Crippen LogP contribution >= 0.6 is 11.3 Å². The Balaban J connectivity index is 2.03. The number of aryl methyl sites for hydroxylation is 1. The van der Waals surface area contributed by atoms with Crippen molar-refractivity contribution in [2.24, 2.45) is 0 Å². The highest BCUT2D eigenvalue weighted by atomic mass is 32.1. The van der Waals surface area contributed by atoms with E-state index in [1.54, 1.807) is 11.3 Å². The van der Waals surface area contributed by atoms with Gasteiger partial charge in [-0.15, -0.1) is 11.3 Å². The van der Waals surface area contributed by atoms with Crippen molar-refractivity contribution >= 4 is 11.3 Å². The molecule has 4 nitrogen and oxygen atoms in total. The molecule has 5 heteroatoms. The van der Waals surface area contributed by atoms with Crippen LogP contribution in [0.25, 0.3) is 0 Å². The van der Waals surface area contributed by atoms with Crippen LogP contribution in [-0.2, 0) is 12.1 Å². The minimum absolute atomic E-state index is 0.0993. The predicted molar refractivity (Wildman–Crippen MR) is 65.3 cm³/mol. The molecule has 0 atom stereocenters. The summed E-state index contributed by atoms with van der Waals surface area (Å²) in [4.78, 5) is 4.34. The van der Waals surface area contributed by atoms with E-state index in [4.69, 9.17) is 0 Å². The van der Waals surface area contributed by atoms with E-state index in [9.17, 15) is 0 Å². The van der Waals surface area contributed by atoms with E-state index < -0.39 is 0 Å². The maximum absolute atomic E-state index is 4.34. The van der Waals surface area contributed by atoms with Crippen LogP contribution in [0.1, 0.15) is 30.1 Å². The second kappa shape index (κ2) is 4.35. The molecule has 0 radical (unpaired) electrons. The molecule has 86 valence electrons. The fourth-order valence-electron chi connectivity index (χ4n) is 1.48. The Hall–Kier alpha value is -1.20. The van der Waals surface area contributed by atoms with Crippen LogP contribution in [0, 0.1) is 6.92 Å². The Morgan fingerprint density at radius 2 is 2.31 bits per heavy atom. The lowest BCUT2D eigenvalue weighted by Crippen LogP contribution is -2.35. The molecule has 0 aliphatic heterocycles. The molecule has 2 aromatic rings. The van der Waals surface area contributed by atoms with Gasteiger partial charge in [0.2, 0.25) is 0 Å². The average molecular weight is 236 g/mol. The summed E-state index contributed by atoms with van der Waals surface area (Å²) in [5, 5.41) is 13.5. The number of aromatic nitrogens is 3. The molecular formula is C11H16N4S. The van der Waals surface area contributed by atoms with Crippen LogP contribution in [0.3, 0.4) is 0 Å². The fourth-order valence-corrected chi connectivity index (χ4v) is 2.22. The zero-order valence-corrected chi connectivity index (χ0v) is 10.6. The molecule has 0 aliphatic carbocycles. The number of nitrogens with one attached hydrogen (secondary N) is 2. The summed E-state index contributed by atoms with van der Waals surface area (Å²) in [5.74, 6) is 0. The fraction of sp³-hybridized carbons (Fsp3) is 0.455. The molecule has 0 saturated carbocycles. The molecule has 0 aliphatic rings. The largest absolute Gasteiger partial charge is 0.302 e. The van der Waals surface area contributed by atoms with Gasteiger partial charge in [0.1, 0.15) is 5.01 Å². The molecule has 0 bridgehead atoms. The minimum atomic E-state index is -0.0993. The normalized spacial score (nSPS) is 11.9. The molecule has 0 amide bonds. The highest BCUT2D eigenvalue weighted by Crippen LogP contribution is 2.22. The van der Waals surface area contributed by atoms with Gasteiger partial charge in [0, 0.05) is 29.4 Å². The summed E-state index contributed by atoms with van der Waals surface area (Å²) in [6.07, 6.45) is 3.70. The van der Waals surface area contributed by atoms with Gasteiger partial charge in [-0.05, 0) is 20.8 Å². The second-order valence-corrected chi connectivity index (χ2v) is 5.23. The monoisotopic (exact) mass is 236 g/mol. The SMILES string of the molecule is Cc1[nH]ncc1CNC(C)(C)c1nccs1. The lowest BCUT2D eigenvalue weighted by Gasteiger charge is -2.23. The number of H-pyrrole nitrogens is 1. The maximum atomic E-state index is 4.34. The summed E-state index contributed by atoms with van der Waals surface area (Å²) in [7, 11) is 0. The standard InChI is InChI=1S/C11H16N4S/c1-8-9(7-14-15-8)6-13-11(2,3)10-12-4-5-16-10/h4-5,7,13H,6H2,1-3H3,(H,14,15). The van der Waals surface area contributed by atoms with Crippen LogP contribution in [0.5, 0.6) is 0 Å². The lowest BCUT2D eigenvalue weighted by molar-refractivity contribution is 0.399. The van der Waals surface area contributed by atoms with Gasteiger partial charge in [-0.3, -0.25) is 5.10 Å². The van der Waals surface area contributed by atoms with Gasteiger partial charge in [0.25, 0.3) is 0 Å². The second-order valence-electron chi connectivity index (χ2n) is 4.34. The van der Waals surface area contributed by atoms with Crippen LogP contribution in [0.2, 0.25) is 0 Å². The van der Waals surface area contributed by atoms with Crippen molar-refractivity contribution in [3.05, 3.63) is 34.0 Å². The predicted octanol–water partition coefficient (Wildman–Crippen LogP) is 2.20. The minimum Gasteiger partial charge on any atom is -0.302 e. The van der Waals surface area contributed by atoms with Gasteiger partial charge in [-0.1, -0.05) is 0 Å². The molecule has 16 heavy (non-hydrogen) atoms. The third-order valence-electron chi connectivity index (χ3n) is 2.62. The molecule has 2 rings (SSSR count). The molecule has 0 unspecified atom stereocenters.